The van der Waals surface area contributed by atoms with E-state index >= 15 is 0 Å². The van der Waals surface area contributed by atoms with Crippen molar-refractivity contribution in [2.45, 2.75) is 19.0 Å². The third-order valence-electron chi connectivity index (χ3n) is 3.64. The molecule has 2 heterocycles. The molecule has 1 N–H and O–H groups in total. The first-order valence-electron chi connectivity index (χ1n) is 7.07. The van der Waals surface area contributed by atoms with Gasteiger partial charge in [0, 0.05) is 19.6 Å². The molecule has 1 aliphatic heterocycles. The lowest BCUT2D eigenvalue weighted by atomic mass is 9.97. The van der Waals surface area contributed by atoms with Crippen molar-refractivity contribution >= 4 is 39.9 Å². The number of amides is 1. The Hall–Kier alpha value is -1.55. The topological polar surface area (TPSA) is 71.5 Å². The van der Waals surface area contributed by atoms with Gasteiger partial charge < -0.3 is 15.0 Å². The number of nitrogens with zero attached hydrogens (tertiary/aromatic N) is 2. The lowest BCUT2D eigenvalue weighted by molar-refractivity contribution is -0.186. The molecule has 0 spiro atoms. The Morgan fingerprint density at radius 2 is 2.04 bits per heavy atom. The number of piperidine rings is 1. The van der Waals surface area contributed by atoms with E-state index in [1.165, 1.54) is 7.11 Å². The van der Waals surface area contributed by atoms with Gasteiger partial charge >= 0.3 is 18.1 Å². The number of halogens is 4. The Balaban J connectivity index is 1.83. The fourth-order valence-corrected chi connectivity index (χ4v) is 3.46. The number of aromatic nitrogens is 1. The smallest absolute Gasteiger partial charge is 0.465 e. The summed E-state index contributed by atoms with van der Waals surface area (Å²) in [5.74, 6) is -2.26. The maximum atomic E-state index is 12.4. The first-order valence-corrected chi connectivity index (χ1v) is 8.26. The molecule has 0 aromatic carbocycles. The van der Waals surface area contributed by atoms with Crippen LogP contribution in [0.4, 0.5) is 18.3 Å². The summed E-state index contributed by atoms with van der Waals surface area (Å²) in [5, 5.41) is 3.50. The zero-order valence-corrected chi connectivity index (χ0v) is 14.2. The molecule has 0 saturated carbocycles. The maximum Gasteiger partial charge on any atom is 0.471 e. The van der Waals surface area contributed by atoms with Gasteiger partial charge in [0.25, 0.3) is 0 Å². The van der Waals surface area contributed by atoms with E-state index in [0.29, 0.717) is 24.5 Å². The van der Waals surface area contributed by atoms with Gasteiger partial charge in [0.05, 0.1) is 7.11 Å². The summed E-state index contributed by atoms with van der Waals surface area (Å²) < 4.78 is 41.7. The van der Waals surface area contributed by atoms with Crippen LogP contribution in [0.3, 0.4) is 0 Å². The van der Waals surface area contributed by atoms with Gasteiger partial charge in [0.2, 0.25) is 0 Å². The van der Waals surface area contributed by atoms with E-state index in [-0.39, 0.29) is 29.0 Å². The molecule has 0 bridgehead atoms. The van der Waals surface area contributed by atoms with E-state index in [9.17, 15) is 22.8 Å². The number of esters is 1. The largest absolute Gasteiger partial charge is 0.471 e. The molecule has 0 unspecified atom stereocenters. The minimum Gasteiger partial charge on any atom is -0.465 e. The number of carbonyl (C=O) groups excluding carboxylic acids is 2. The number of hydrogen-bond donors (Lipinski definition) is 1. The van der Waals surface area contributed by atoms with Crippen molar-refractivity contribution in [2.24, 2.45) is 5.92 Å². The van der Waals surface area contributed by atoms with Crippen LogP contribution in [-0.4, -0.2) is 54.7 Å². The first-order chi connectivity index (χ1) is 11.2. The van der Waals surface area contributed by atoms with Gasteiger partial charge in [-0.25, -0.2) is 9.78 Å². The molecule has 11 heteroatoms. The number of ether oxygens (including phenoxy) is 1. The van der Waals surface area contributed by atoms with Crippen molar-refractivity contribution in [1.29, 1.82) is 0 Å². The summed E-state index contributed by atoms with van der Waals surface area (Å²) in [7, 11) is 1.24. The molecule has 1 aliphatic rings. The molecular formula is C13H15ClF3N3O3S. The van der Waals surface area contributed by atoms with E-state index in [4.69, 9.17) is 11.6 Å². The summed E-state index contributed by atoms with van der Waals surface area (Å²) in [5.41, 5.74) is 0. The van der Waals surface area contributed by atoms with Crippen molar-refractivity contribution in [3.05, 3.63) is 10.0 Å². The summed E-state index contributed by atoms with van der Waals surface area (Å²) >= 11 is 6.89. The molecule has 1 saturated heterocycles. The third-order valence-corrected chi connectivity index (χ3v) is 5.02. The Morgan fingerprint density at radius 3 is 2.58 bits per heavy atom. The fourth-order valence-electron chi connectivity index (χ4n) is 2.35. The van der Waals surface area contributed by atoms with E-state index in [1.807, 2.05) is 0 Å². The first kappa shape index (κ1) is 18.8. The van der Waals surface area contributed by atoms with Crippen LogP contribution in [0.1, 0.15) is 22.5 Å². The number of nitrogens with one attached hydrogen (secondary N) is 1. The molecule has 2 rings (SSSR count). The van der Waals surface area contributed by atoms with E-state index in [2.05, 4.69) is 15.0 Å². The zero-order chi connectivity index (χ0) is 17.9. The Morgan fingerprint density at radius 1 is 1.42 bits per heavy atom. The van der Waals surface area contributed by atoms with Crippen LogP contribution in [0.15, 0.2) is 0 Å². The van der Waals surface area contributed by atoms with Gasteiger partial charge in [0.1, 0.15) is 0 Å². The van der Waals surface area contributed by atoms with Crippen LogP contribution in [0.5, 0.6) is 0 Å². The highest BCUT2D eigenvalue weighted by Crippen LogP contribution is 2.29. The second kappa shape index (κ2) is 7.56. The SMILES string of the molecule is COC(=O)c1sc(NCC2CCN(C(=O)C(F)(F)F)CC2)nc1Cl. The number of anilines is 1. The molecule has 1 fully saturated rings. The third kappa shape index (κ3) is 4.50. The fraction of sp³-hybridized carbons (Fsp3) is 0.615. The number of thiazole rings is 1. The lowest BCUT2D eigenvalue weighted by Crippen LogP contribution is -2.46. The normalized spacial score (nSPS) is 16.1. The van der Waals surface area contributed by atoms with Gasteiger partial charge in [-0.1, -0.05) is 22.9 Å². The van der Waals surface area contributed by atoms with Crippen molar-refractivity contribution in [1.82, 2.24) is 9.88 Å². The molecule has 0 aliphatic carbocycles. The minimum absolute atomic E-state index is 0.0416. The predicted molar refractivity (Wildman–Crippen MR) is 82.3 cm³/mol. The van der Waals surface area contributed by atoms with Crippen molar-refractivity contribution in [3.63, 3.8) is 0 Å². The highest BCUT2D eigenvalue weighted by molar-refractivity contribution is 7.18. The van der Waals surface area contributed by atoms with Crippen LogP contribution in [-0.2, 0) is 9.53 Å². The number of alkyl halides is 3. The summed E-state index contributed by atoms with van der Waals surface area (Å²) in [6, 6.07) is 0. The summed E-state index contributed by atoms with van der Waals surface area (Å²) in [4.78, 5) is 27.6. The Kier molecular flexibility index (Phi) is 5.92. The van der Waals surface area contributed by atoms with Gasteiger partial charge in [-0.2, -0.15) is 13.2 Å². The minimum atomic E-state index is -4.83. The average Bonchev–Trinajstić information content (AvgIpc) is 2.92. The molecule has 24 heavy (non-hydrogen) atoms. The zero-order valence-electron chi connectivity index (χ0n) is 12.7. The maximum absolute atomic E-state index is 12.4. The molecule has 0 radical (unpaired) electrons. The summed E-state index contributed by atoms with van der Waals surface area (Å²) in [6.45, 7) is 0.603. The number of hydrogen-bond acceptors (Lipinski definition) is 6. The molecule has 1 aromatic heterocycles. The van der Waals surface area contributed by atoms with Gasteiger partial charge in [-0.3, -0.25) is 4.79 Å². The standard InChI is InChI=1S/C13H15ClF3N3O3S/c1-23-10(21)8-9(14)19-12(24-8)18-6-7-2-4-20(5-3-7)11(22)13(15,16)17/h7H,2-6H2,1H3,(H,18,19). The number of likely N-dealkylation sites (tertiary alicyclic amines) is 1. The Labute approximate surface area is 144 Å². The van der Waals surface area contributed by atoms with Gasteiger partial charge in [-0.15, -0.1) is 0 Å². The highest BCUT2D eigenvalue weighted by Gasteiger charge is 2.43. The van der Waals surface area contributed by atoms with Crippen molar-refractivity contribution < 1.29 is 27.5 Å². The van der Waals surface area contributed by atoms with Crippen molar-refractivity contribution in [2.75, 3.05) is 32.1 Å². The van der Waals surface area contributed by atoms with Crippen LogP contribution in [0.2, 0.25) is 5.15 Å². The molecule has 1 amide bonds. The molecule has 0 atom stereocenters. The molecule has 6 nitrogen and oxygen atoms in total. The highest BCUT2D eigenvalue weighted by atomic mass is 35.5. The lowest BCUT2D eigenvalue weighted by Gasteiger charge is -2.32. The van der Waals surface area contributed by atoms with E-state index in [0.717, 1.165) is 16.2 Å². The Bertz CT molecular complexity index is 615. The van der Waals surface area contributed by atoms with Crippen LogP contribution < -0.4 is 5.32 Å². The van der Waals surface area contributed by atoms with E-state index in [1.54, 1.807) is 0 Å². The number of methoxy groups -OCH3 is 1. The van der Waals surface area contributed by atoms with Crippen LogP contribution in [0.25, 0.3) is 0 Å². The average molecular weight is 386 g/mol. The second-order valence-electron chi connectivity index (χ2n) is 5.24. The van der Waals surface area contributed by atoms with E-state index < -0.39 is 18.1 Å². The molecule has 1 aromatic rings. The summed E-state index contributed by atoms with van der Waals surface area (Å²) in [6.07, 6.45) is -3.91. The van der Waals surface area contributed by atoms with Crippen molar-refractivity contribution in [3.8, 4) is 0 Å². The van der Waals surface area contributed by atoms with Crippen LogP contribution in [0, 0.1) is 5.92 Å². The molecular weight excluding hydrogens is 371 g/mol. The quantitative estimate of drug-likeness (QED) is 0.807. The van der Waals surface area contributed by atoms with Gasteiger partial charge in [0.15, 0.2) is 15.2 Å². The van der Waals surface area contributed by atoms with Crippen LogP contribution >= 0.6 is 22.9 Å². The number of carbonyl (C=O) groups is 2. The van der Waals surface area contributed by atoms with Gasteiger partial charge in [-0.05, 0) is 18.8 Å². The molecule has 134 valence electrons. The predicted octanol–water partition coefficient (Wildman–Crippen LogP) is 2.80. The number of rotatable bonds is 4. The second-order valence-corrected chi connectivity index (χ2v) is 6.60. The monoisotopic (exact) mass is 385 g/mol.